The SMILES string of the molecule is CC1(C)c2ccccc2-c2ccc(-c3ccc4c(c3)c3c5c(cc6c7c(n4c63)NC3CCC=CC3N7)oc3ccccc35)cc21. The highest BCUT2D eigenvalue weighted by atomic mass is 16.3. The lowest BCUT2D eigenvalue weighted by Gasteiger charge is -2.35. The van der Waals surface area contributed by atoms with Crippen LogP contribution in [0.3, 0.4) is 0 Å². The third-order valence-corrected chi connectivity index (χ3v) is 11.1. The predicted octanol–water partition coefficient (Wildman–Crippen LogP) is 10.5. The summed E-state index contributed by atoms with van der Waals surface area (Å²) in [5, 5.41) is 14.0. The molecule has 5 aromatic carbocycles. The van der Waals surface area contributed by atoms with Crippen LogP contribution in [-0.4, -0.2) is 16.5 Å². The van der Waals surface area contributed by atoms with Crippen molar-refractivity contribution in [1.29, 1.82) is 0 Å². The molecule has 1 aliphatic heterocycles. The number of hydrogen-bond acceptors (Lipinski definition) is 3. The summed E-state index contributed by atoms with van der Waals surface area (Å²) in [6.07, 6.45) is 6.87. The molecule has 0 spiro atoms. The van der Waals surface area contributed by atoms with Crippen molar-refractivity contribution in [2.75, 3.05) is 10.6 Å². The number of aromatic nitrogens is 1. The van der Waals surface area contributed by atoms with Crippen LogP contribution in [0, 0.1) is 0 Å². The number of benzene rings is 5. The molecule has 2 unspecified atom stereocenters. The zero-order valence-electron chi connectivity index (χ0n) is 25.2. The average Bonchev–Trinajstić information content (AvgIpc) is 3.77. The molecule has 11 rings (SSSR count). The number of allylic oxidation sites excluding steroid dienone is 1. The van der Waals surface area contributed by atoms with E-state index in [0.29, 0.717) is 6.04 Å². The van der Waals surface area contributed by atoms with E-state index in [9.17, 15) is 0 Å². The molecule has 216 valence electrons. The van der Waals surface area contributed by atoms with Crippen LogP contribution in [0.15, 0.2) is 108 Å². The van der Waals surface area contributed by atoms with E-state index in [1.54, 1.807) is 0 Å². The Morgan fingerprint density at radius 3 is 2.51 bits per heavy atom. The maximum Gasteiger partial charge on any atom is 0.136 e. The highest BCUT2D eigenvalue weighted by Crippen LogP contribution is 2.52. The van der Waals surface area contributed by atoms with E-state index in [2.05, 4.69) is 132 Å². The van der Waals surface area contributed by atoms with E-state index < -0.39 is 0 Å². The third-order valence-electron chi connectivity index (χ3n) is 11.1. The maximum absolute atomic E-state index is 6.56. The molecular formula is C41H31N3O. The largest absolute Gasteiger partial charge is 0.456 e. The molecule has 4 heteroatoms. The highest BCUT2D eigenvalue weighted by molar-refractivity contribution is 6.33. The molecule has 4 nitrogen and oxygen atoms in total. The molecule has 2 atom stereocenters. The molecule has 0 radical (unpaired) electrons. The summed E-state index contributed by atoms with van der Waals surface area (Å²) in [6.45, 7) is 4.71. The zero-order valence-corrected chi connectivity index (χ0v) is 25.2. The number of nitrogens with zero attached hydrogens (tertiary/aromatic N) is 1. The topological polar surface area (TPSA) is 41.6 Å². The van der Waals surface area contributed by atoms with Crippen molar-refractivity contribution in [3.63, 3.8) is 0 Å². The summed E-state index contributed by atoms with van der Waals surface area (Å²) in [5.41, 5.74) is 13.5. The first-order valence-corrected chi connectivity index (χ1v) is 16.2. The lowest BCUT2D eigenvalue weighted by atomic mass is 9.81. The van der Waals surface area contributed by atoms with Gasteiger partial charge in [0, 0.05) is 32.3 Å². The van der Waals surface area contributed by atoms with Crippen molar-refractivity contribution in [3.05, 3.63) is 114 Å². The van der Waals surface area contributed by atoms with Crippen molar-refractivity contribution < 1.29 is 4.42 Å². The number of nitrogens with one attached hydrogen (secondary N) is 2. The Bertz CT molecular complexity index is 2600. The molecule has 45 heavy (non-hydrogen) atoms. The van der Waals surface area contributed by atoms with Gasteiger partial charge in [-0.2, -0.15) is 0 Å². The van der Waals surface area contributed by atoms with E-state index in [1.807, 2.05) is 0 Å². The number of fused-ring (bicyclic) bond motifs is 14. The standard InChI is InChI=1S/C41H31N3O/c1-41(2)29-11-5-3-9-24(29)25-17-15-23(20-30(25)41)22-16-18-33-27(19-22)37-36-26-10-4-8-14-34(26)45-35(36)21-28-38-40(44(33)39(28)37)43-32-13-7-6-12-31(32)42-38/h3-6,8-12,14-21,31-32,42-43H,7,13H2,1-2H3. The van der Waals surface area contributed by atoms with Gasteiger partial charge in [0.15, 0.2) is 0 Å². The van der Waals surface area contributed by atoms with Gasteiger partial charge in [-0.25, -0.2) is 0 Å². The van der Waals surface area contributed by atoms with Crippen LogP contribution in [0.2, 0.25) is 0 Å². The Morgan fingerprint density at radius 1 is 0.733 bits per heavy atom. The minimum absolute atomic E-state index is 0.0334. The lowest BCUT2D eigenvalue weighted by Crippen LogP contribution is -2.43. The summed E-state index contributed by atoms with van der Waals surface area (Å²) in [6, 6.07) is 34.4. The minimum Gasteiger partial charge on any atom is -0.456 e. The highest BCUT2D eigenvalue weighted by Gasteiger charge is 2.36. The second kappa shape index (κ2) is 8.08. The van der Waals surface area contributed by atoms with Gasteiger partial charge in [0.1, 0.15) is 17.0 Å². The Hall–Kier alpha value is -5.22. The zero-order chi connectivity index (χ0) is 29.6. The fourth-order valence-corrected chi connectivity index (χ4v) is 8.92. The lowest BCUT2D eigenvalue weighted by molar-refractivity contribution is 0.586. The fourth-order valence-electron chi connectivity index (χ4n) is 8.92. The normalized spacial score (nSPS) is 19.6. The van der Waals surface area contributed by atoms with Crippen LogP contribution in [0.25, 0.3) is 71.4 Å². The quantitative estimate of drug-likeness (QED) is 0.190. The predicted molar refractivity (Wildman–Crippen MR) is 187 cm³/mol. The van der Waals surface area contributed by atoms with Crippen molar-refractivity contribution in [1.82, 2.24) is 4.40 Å². The van der Waals surface area contributed by atoms with Gasteiger partial charge in [0.05, 0.1) is 28.8 Å². The van der Waals surface area contributed by atoms with Gasteiger partial charge < -0.3 is 15.1 Å². The van der Waals surface area contributed by atoms with Gasteiger partial charge >= 0.3 is 0 Å². The van der Waals surface area contributed by atoms with E-state index >= 15 is 0 Å². The van der Waals surface area contributed by atoms with Crippen molar-refractivity contribution in [2.45, 2.75) is 44.2 Å². The molecule has 3 aliphatic rings. The van der Waals surface area contributed by atoms with Crippen molar-refractivity contribution >= 4 is 60.6 Å². The van der Waals surface area contributed by atoms with Gasteiger partial charge in [0.25, 0.3) is 0 Å². The first-order chi connectivity index (χ1) is 22.1. The molecule has 0 saturated carbocycles. The van der Waals surface area contributed by atoms with Gasteiger partial charge in [-0.05, 0) is 76.6 Å². The van der Waals surface area contributed by atoms with Gasteiger partial charge in [0.2, 0.25) is 0 Å². The Morgan fingerprint density at radius 2 is 1.56 bits per heavy atom. The van der Waals surface area contributed by atoms with Crippen LogP contribution >= 0.6 is 0 Å². The van der Waals surface area contributed by atoms with E-state index in [4.69, 9.17) is 4.42 Å². The Kier molecular flexibility index (Phi) is 4.33. The van der Waals surface area contributed by atoms with Crippen molar-refractivity contribution in [3.8, 4) is 22.3 Å². The number of anilines is 2. The molecule has 0 amide bonds. The van der Waals surface area contributed by atoms with Crippen LogP contribution in [-0.2, 0) is 5.41 Å². The van der Waals surface area contributed by atoms with Crippen molar-refractivity contribution in [2.24, 2.45) is 0 Å². The van der Waals surface area contributed by atoms with Crippen LogP contribution < -0.4 is 10.6 Å². The van der Waals surface area contributed by atoms with E-state index in [1.165, 1.54) is 82.9 Å². The van der Waals surface area contributed by atoms with Gasteiger partial charge in [-0.1, -0.05) is 86.7 Å². The summed E-state index contributed by atoms with van der Waals surface area (Å²) >= 11 is 0. The second-order valence-corrected chi connectivity index (χ2v) is 13.8. The molecule has 2 N–H and O–H groups in total. The summed E-state index contributed by atoms with van der Waals surface area (Å²) < 4.78 is 9.03. The smallest absolute Gasteiger partial charge is 0.136 e. The molecule has 8 aromatic rings. The maximum atomic E-state index is 6.56. The monoisotopic (exact) mass is 581 g/mol. The fraction of sp³-hybridized carbons (Fsp3) is 0.171. The summed E-state index contributed by atoms with van der Waals surface area (Å²) in [5.74, 6) is 1.17. The summed E-state index contributed by atoms with van der Waals surface area (Å²) in [7, 11) is 0. The molecule has 0 fully saturated rings. The molecule has 0 saturated heterocycles. The number of rotatable bonds is 1. The second-order valence-electron chi connectivity index (χ2n) is 13.8. The molecule has 0 bridgehead atoms. The van der Waals surface area contributed by atoms with Crippen LogP contribution in [0.1, 0.15) is 37.8 Å². The van der Waals surface area contributed by atoms with Gasteiger partial charge in [-0.15, -0.1) is 0 Å². The Balaban J connectivity index is 1.21. The number of para-hydroxylation sites is 1. The van der Waals surface area contributed by atoms with E-state index in [-0.39, 0.29) is 11.5 Å². The van der Waals surface area contributed by atoms with E-state index in [0.717, 1.165) is 24.0 Å². The molecule has 4 heterocycles. The van der Waals surface area contributed by atoms with Crippen LogP contribution in [0.5, 0.6) is 0 Å². The Labute approximate surface area is 260 Å². The average molecular weight is 582 g/mol. The first-order valence-electron chi connectivity index (χ1n) is 16.2. The molecule has 3 aromatic heterocycles. The minimum atomic E-state index is -0.0334. The first kappa shape index (κ1) is 24.1. The number of hydrogen-bond donors (Lipinski definition) is 2. The molecule has 2 aliphatic carbocycles. The van der Waals surface area contributed by atoms with Crippen LogP contribution in [0.4, 0.5) is 11.5 Å². The third kappa shape index (κ3) is 2.93. The van der Waals surface area contributed by atoms with Gasteiger partial charge in [-0.3, -0.25) is 4.40 Å². The molecular weight excluding hydrogens is 550 g/mol. The number of furan rings is 1. The summed E-state index contributed by atoms with van der Waals surface area (Å²) in [4.78, 5) is 0.